The van der Waals surface area contributed by atoms with Gasteiger partial charge in [-0.3, -0.25) is 10.1 Å². The van der Waals surface area contributed by atoms with Crippen molar-refractivity contribution in [2.45, 2.75) is 26.1 Å². The Morgan fingerprint density at radius 3 is 3.13 bits per heavy atom. The molecule has 1 aliphatic heterocycles. The molecule has 0 bridgehead atoms. The monoisotopic (exact) mass is 215 g/mol. The summed E-state index contributed by atoms with van der Waals surface area (Å²) in [5.41, 5.74) is 0. The van der Waals surface area contributed by atoms with Crippen LogP contribution in [0, 0.1) is 16.0 Å². The second-order valence-electron chi connectivity index (χ2n) is 3.45. The van der Waals surface area contributed by atoms with Crippen LogP contribution in [0.1, 0.15) is 19.8 Å². The second kappa shape index (κ2) is 6.53. The fourth-order valence-corrected chi connectivity index (χ4v) is 1.62. The van der Waals surface area contributed by atoms with Gasteiger partial charge in [-0.25, -0.2) is 0 Å². The Bertz CT molecular complexity index is 229. The Balaban J connectivity index is 2.32. The van der Waals surface area contributed by atoms with Gasteiger partial charge >= 0.3 is 0 Å². The van der Waals surface area contributed by atoms with Gasteiger partial charge in [-0.1, -0.05) is 12.2 Å². The van der Waals surface area contributed by atoms with Crippen LogP contribution >= 0.6 is 0 Å². The fraction of sp³-hybridized carbons (Fsp3) is 0.800. The van der Waals surface area contributed by atoms with Crippen molar-refractivity contribution < 1.29 is 14.4 Å². The maximum Gasteiger partial charge on any atom is 0.203 e. The molecule has 0 unspecified atom stereocenters. The minimum atomic E-state index is -0.289. The quantitative estimate of drug-likeness (QED) is 0.383. The molecule has 0 radical (unpaired) electrons. The molecular weight excluding hydrogens is 198 g/mol. The Morgan fingerprint density at radius 1 is 1.67 bits per heavy atom. The molecule has 0 aliphatic carbocycles. The van der Waals surface area contributed by atoms with Crippen LogP contribution in [0.3, 0.4) is 0 Å². The summed E-state index contributed by atoms with van der Waals surface area (Å²) in [5, 5.41) is 10.2. The Kier molecular flexibility index (Phi) is 5.28. The predicted octanol–water partition coefficient (Wildman–Crippen LogP) is 1.61. The summed E-state index contributed by atoms with van der Waals surface area (Å²) in [4.78, 5) is 9.88. The zero-order chi connectivity index (χ0) is 11.1. The van der Waals surface area contributed by atoms with E-state index in [0.29, 0.717) is 19.6 Å². The molecule has 0 saturated carbocycles. The zero-order valence-electron chi connectivity index (χ0n) is 8.93. The lowest BCUT2D eigenvalue weighted by molar-refractivity contribution is -0.480. The van der Waals surface area contributed by atoms with E-state index in [1.807, 2.05) is 19.1 Å². The van der Waals surface area contributed by atoms with Gasteiger partial charge in [-0.15, -0.1) is 0 Å². The van der Waals surface area contributed by atoms with Crippen LogP contribution in [0.25, 0.3) is 0 Å². The summed E-state index contributed by atoms with van der Waals surface area (Å²) in [7, 11) is 0. The van der Waals surface area contributed by atoms with Crippen molar-refractivity contribution in [3.8, 4) is 0 Å². The Hall–Kier alpha value is -0.940. The van der Waals surface area contributed by atoms with E-state index < -0.39 is 0 Å². The summed E-state index contributed by atoms with van der Waals surface area (Å²) in [5.74, 6) is 0.152. The number of rotatable bonds is 6. The van der Waals surface area contributed by atoms with Crippen LogP contribution in [0.2, 0.25) is 0 Å². The fourth-order valence-electron chi connectivity index (χ4n) is 1.62. The topological polar surface area (TPSA) is 61.6 Å². The van der Waals surface area contributed by atoms with Crippen LogP contribution in [-0.2, 0) is 9.47 Å². The normalized spacial score (nSPS) is 25.4. The first-order valence-corrected chi connectivity index (χ1v) is 5.25. The lowest BCUT2D eigenvalue weighted by Gasteiger charge is -2.27. The molecule has 86 valence electrons. The van der Waals surface area contributed by atoms with Crippen molar-refractivity contribution >= 4 is 0 Å². The lowest BCUT2D eigenvalue weighted by Crippen LogP contribution is -2.29. The molecule has 0 N–H and O–H groups in total. The molecule has 15 heavy (non-hydrogen) atoms. The van der Waals surface area contributed by atoms with Gasteiger partial charge in [-0.05, 0) is 13.3 Å². The molecule has 1 heterocycles. The van der Waals surface area contributed by atoms with Gasteiger partial charge in [0.1, 0.15) is 0 Å². The van der Waals surface area contributed by atoms with E-state index in [2.05, 4.69) is 0 Å². The molecule has 1 rings (SSSR count). The van der Waals surface area contributed by atoms with Gasteiger partial charge in [0.2, 0.25) is 6.54 Å². The highest BCUT2D eigenvalue weighted by Crippen LogP contribution is 2.21. The smallest absolute Gasteiger partial charge is 0.203 e. The van der Waals surface area contributed by atoms with E-state index in [1.54, 1.807) is 0 Å². The second-order valence-corrected chi connectivity index (χ2v) is 3.45. The van der Waals surface area contributed by atoms with Crippen LogP contribution in [0.15, 0.2) is 12.2 Å². The number of nitrogens with zero attached hydrogens (tertiary/aromatic N) is 1. The summed E-state index contributed by atoms with van der Waals surface area (Å²) in [6.45, 7) is 3.10. The average Bonchev–Trinajstić information content (AvgIpc) is 2.20. The molecule has 0 aromatic rings. The highest BCUT2D eigenvalue weighted by atomic mass is 16.7. The van der Waals surface area contributed by atoms with Gasteiger partial charge in [0.15, 0.2) is 6.29 Å². The van der Waals surface area contributed by atoms with Crippen molar-refractivity contribution in [3.05, 3.63) is 22.3 Å². The van der Waals surface area contributed by atoms with Crippen LogP contribution in [-0.4, -0.2) is 31.0 Å². The SMILES string of the molecule is CCO[C@@H]1OCC=C[C@H]1CCC[N+](=O)[O-]. The summed E-state index contributed by atoms with van der Waals surface area (Å²) in [6.07, 6.45) is 5.04. The molecule has 0 saturated heterocycles. The highest BCUT2D eigenvalue weighted by Gasteiger charge is 2.22. The third-order valence-corrected chi connectivity index (χ3v) is 2.30. The highest BCUT2D eigenvalue weighted by molar-refractivity contribution is 4.94. The maximum absolute atomic E-state index is 10.2. The molecule has 2 atom stereocenters. The average molecular weight is 215 g/mol. The molecule has 0 aromatic heterocycles. The van der Waals surface area contributed by atoms with Crippen molar-refractivity contribution in [3.63, 3.8) is 0 Å². The summed E-state index contributed by atoms with van der Waals surface area (Å²) >= 11 is 0. The van der Waals surface area contributed by atoms with Crippen molar-refractivity contribution in [1.29, 1.82) is 0 Å². The van der Waals surface area contributed by atoms with Gasteiger partial charge in [0.05, 0.1) is 6.61 Å². The van der Waals surface area contributed by atoms with Crippen LogP contribution < -0.4 is 0 Å². The molecule has 0 fully saturated rings. The van der Waals surface area contributed by atoms with Crippen LogP contribution in [0.5, 0.6) is 0 Å². The number of nitro groups is 1. The van der Waals surface area contributed by atoms with E-state index in [1.165, 1.54) is 0 Å². The molecule has 5 nitrogen and oxygen atoms in total. The summed E-state index contributed by atoms with van der Waals surface area (Å²) < 4.78 is 10.8. The Labute approximate surface area is 89.2 Å². The molecular formula is C10H17NO4. The number of hydrogen-bond acceptors (Lipinski definition) is 4. The van der Waals surface area contributed by atoms with Gasteiger partial charge in [0.25, 0.3) is 0 Å². The molecule has 0 spiro atoms. The van der Waals surface area contributed by atoms with Gasteiger partial charge in [-0.2, -0.15) is 0 Å². The summed E-state index contributed by atoms with van der Waals surface area (Å²) in [6, 6.07) is 0. The molecule has 0 aromatic carbocycles. The van der Waals surface area contributed by atoms with Crippen molar-refractivity contribution in [1.82, 2.24) is 0 Å². The minimum absolute atomic E-state index is 0.0170. The van der Waals surface area contributed by atoms with E-state index >= 15 is 0 Å². The largest absolute Gasteiger partial charge is 0.352 e. The van der Waals surface area contributed by atoms with Gasteiger partial charge in [0, 0.05) is 23.9 Å². The van der Waals surface area contributed by atoms with Crippen molar-refractivity contribution in [2.24, 2.45) is 5.92 Å². The molecule has 0 amide bonds. The van der Waals surface area contributed by atoms with E-state index in [0.717, 1.165) is 6.42 Å². The standard InChI is InChI=1S/C10H17NO4/c1-2-14-10-9(6-4-8-15-10)5-3-7-11(12)13/h4,6,9-10H,2-3,5,7-8H2,1H3/t9-,10-/m1/s1. The minimum Gasteiger partial charge on any atom is -0.352 e. The zero-order valence-corrected chi connectivity index (χ0v) is 8.93. The van der Waals surface area contributed by atoms with E-state index in [-0.39, 0.29) is 23.7 Å². The third kappa shape index (κ3) is 4.40. The predicted molar refractivity (Wildman–Crippen MR) is 55.1 cm³/mol. The third-order valence-electron chi connectivity index (χ3n) is 2.30. The van der Waals surface area contributed by atoms with Crippen LogP contribution in [0.4, 0.5) is 0 Å². The van der Waals surface area contributed by atoms with Crippen molar-refractivity contribution in [2.75, 3.05) is 19.8 Å². The molecule has 5 heteroatoms. The lowest BCUT2D eigenvalue weighted by atomic mass is 10.0. The first-order valence-electron chi connectivity index (χ1n) is 5.25. The number of hydrogen-bond donors (Lipinski definition) is 0. The Morgan fingerprint density at radius 2 is 2.47 bits per heavy atom. The van der Waals surface area contributed by atoms with E-state index in [4.69, 9.17) is 9.47 Å². The maximum atomic E-state index is 10.2. The molecule has 1 aliphatic rings. The first kappa shape index (κ1) is 12.1. The first-order chi connectivity index (χ1) is 7.24. The number of ether oxygens (including phenoxy) is 2. The van der Waals surface area contributed by atoms with Gasteiger partial charge < -0.3 is 9.47 Å². The van der Waals surface area contributed by atoms with E-state index in [9.17, 15) is 10.1 Å².